The van der Waals surface area contributed by atoms with E-state index in [9.17, 15) is 45.2 Å². The number of nitrogens with zero attached hydrogens (tertiary/aromatic N) is 2. The minimum Gasteiger partial charge on any atom is -0.496 e. The van der Waals surface area contributed by atoms with Crippen LogP contribution in [0.4, 0.5) is 22.4 Å². The predicted octanol–water partition coefficient (Wildman–Crippen LogP) is 6.11. The molecule has 1 saturated heterocycles. The Labute approximate surface area is 353 Å². The molecule has 1 aliphatic heterocycles. The molecule has 338 valence electrons. The number of alkyl carbamates (subject to hydrolysis) is 1. The van der Waals surface area contributed by atoms with Gasteiger partial charge in [0.05, 0.1) is 19.0 Å². The maximum atomic E-state index is 14.5. The third-order valence-corrected chi connectivity index (χ3v) is 14.5. The first-order valence-corrected chi connectivity index (χ1v) is 22.1. The quantitative estimate of drug-likeness (QED) is 0.109. The van der Waals surface area contributed by atoms with E-state index >= 15 is 0 Å². The molecule has 2 aromatic rings. The molecule has 0 spiro atoms. The van der Waals surface area contributed by atoms with E-state index in [4.69, 9.17) is 19.9 Å². The number of ether oxygens (including phenoxy) is 3. The van der Waals surface area contributed by atoms with Gasteiger partial charge in [0.25, 0.3) is 5.92 Å². The smallest absolute Gasteiger partial charge is 0.408 e. The van der Waals surface area contributed by atoms with Crippen LogP contribution in [0, 0.1) is 29.5 Å². The number of aromatic nitrogens is 1. The topological polar surface area (TPSA) is 196 Å². The molecule has 3 fully saturated rings. The van der Waals surface area contributed by atoms with Gasteiger partial charge in [-0.05, 0) is 88.7 Å². The number of alkyl halides is 3. The molecule has 2 saturated carbocycles. The Hall–Kier alpha value is -4.68. The zero-order valence-electron chi connectivity index (χ0n) is 35.3. The number of halogens is 4. The number of hydrogen-bond acceptors (Lipinski definition) is 10. The second-order valence-electron chi connectivity index (χ2n) is 17.4. The minimum atomic E-state index is -4.12. The van der Waals surface area contributed by atoms with Crippen molar-refractivity contribution in [1.29, 1.82) is 0 Å². The van der Waals surface area contributed by atoms with Crippen molar-refractivity contribution in [3.8, 4) is 11.6 Å². The van der Waals surface area contributed by atoms with Gasteiger partial charge in [-0.3, -0.25) is 19.1 Å². The molecule has 1 aromatic heterocycles. The van der Waals surface area contributed by atoms with Gasteiger partial charge in [0.1, 0.15) is 41.2 Å². The lowest BCUT2D eigenvalue weighted by atomic mass is 9.87. The zero-order valence-corrected chi connectivity index (χ0v) is 36.2. The Kier molecular flexibility index (Phi) is 14.6. The number of allylic oxidation sites excluding steroid dienone is 2. The summed E-state index contributed by atoms with van der Waals surface area (Å²) in [7, 11) is -2.74. The average molecular weight is 884 g/mol. The highest BCUT2D eigenvalue weighted by Crippen LogP contribution is 2.44. The van der Waals surface area contributed by atoms with E-state index in [-0.39, 0.29) is 54.7 Å². The zero-order chi connectivity index (χ0) is 45.1. The fraction of sp³-hybridized carbons (Fsp3) is 0.643. The van der Waals surface area contributed by atoms with Crippen LogP contribution in [0.1, 0.15) is 92.4 Å². The van der Waals surface area contributed by atoms with Crippen LogP contribution in [0.25, 0.3) is 10.8 Å². The fourth-order valence-electron chi connectivity index (χ4n) is 8.13. The maximum absolute atomic E-state index is 14.5. The molecule has 1 unspecified atom stereocenters. The number of likely N-dealkylation sites (tertiary alicyclic amines) is 1. The second kappa shape index (κ2) is 18.7. The molecule has 4 N–H and O–H groups in total. The highest BCUT2D eigenvalue weighted by Gasteiger charge is 2.56. The number of fused-ring (bicyclic) bond motifs is 1. The SMILES string of the molecule is COc1cc(F)cc2c(O[C@@H]3C[C@@H](C(N)=O)N(C(=O)[C@@H](NC(=O)OC(C)(C)C(C)(F)F)[C@H](C)C[C@H](C)CC/C=C\[C@@H]4CCCC4C(=O)NS(=O)(=O)C4(CF)CC4)C3)nccc12. The van der Waals surface area contributed by atoms with Crippen LogP contribution in [0.15, 0.2) is 36.5 Å². The van der Waals surface area contributed by atoms with Crippen molar-refractivity contribution in [3.05, 3.63) is 42.4 Å². The van der Waals surface area contributed by atoms with Crippen LogP contribution < -0.4 is 25.2 Å². The van der Waals surface area contributed by atoms with Crippen LogP contribution >= 0.6 is 0 Å². The van der Waals surface area contributed by atoms with Crippen molar-refractivity contribution in [2.75, 3.05) is 20.3 Å². The summed E-state index contributed by atoms with van der Waals surface area (Å²) in [4.78, 5) is 58.8. The molecule has 3 aliphatic rings. The number of nitrogens with one attached hydrogen (secondary N) is 2. The van der Waals surface area contributed by atoms with E-state index < -0.39 is 92.6 Å². The standard InChI is InChI=1S/C42H57F4N5O9S/c1-24(10-7-8-11-26-12-9-13-29(26)36(53)50-61(56,57)42(23-43)15-16-42)18-25(2)34(49-39(55)60-40(3,4)41(5,45)46)38(54)51-22-28(21-32(51)35(47)52)59-37-31-19-27(44)20-33(58-6)30(31)14-17-48-37/h8,11,14,17,19-20,24-26,28-29,32,34H,7,9-10,12-13,15-16,18,21-23H2,1-6H3,(H2,47,52)(H,49,55)(H,50,53)/b11-8-/t24-,25-,26-,28-,29?,32+,34+/m1/s1. The number of nitrogens with two attached hydrogens (primary N) is 1. The normalized spacial score (nSPS) is 23.0. The number of methoxy groups -OCH3 is 1. The first kappa shape index (κ1) is 47.4. The van der Waals surface area contributed by atoms with Crippen molar-refractivity contribution in [3.63, 3.8) is 0 Å². The molecule has 19 heteroatoms. The van der Waals surface area contributed by atoms with Crippen molar-refractivity contribution in [1.82, 2.24) is 19.9 Å². The van der Waals surface area contributed by atoms with Crippen molar-refractivity contribution < 1.29 is 59.4 Å². The summed E-state index contributed by atoms with van der Waals surface area (Å²) < 4.78 is 99.1. The second-order valence-corrected chi connectivity index (χ2v) is 19.5. The van der Waals surface area contributed by atoms with Gasteiger partial charge in [-0.1, -0.05) is 32.4 Å². The highest BCUT2D eigenvalue weighted by molar-refractivity contribution is 7.91. The van der Waals surface area contributed by atoms with Gasteiger partial charge in [-0.25, -0.2) is 35.8 Å². The van der Waals surface area contributed by atoms with Gasteiger partial charge < -0.3 is 30.2 Å². The molecule has 0 radical (unpaired) electrons. The summed E-state index contributed by atoms with van der Waals surface area (Å²) in [5.74, 6) is -7.45. The lowest BCUT2D eigenvalue weighted by molar-refractivity contribution is -0.151. The van der Waals surface area contributed by atoms with Gasteiger partial charge in [-0.15, -0.1) is 0 Å². The Morgan fingerprint density at radius 1 is 1.11 bits per heavy atom. The lowest BCUT2D eigenvalue weighted by Crippen LogP contribution is -2.56. The van der Waals surface area contributed by atoms with Crippen LogP contribution in [-0.2, 0) is 29.1 Å². The Morgan fingerprint density at radius 2 is 1.82 bits per heavy atom. The van der Waals surface area contributed by atoms with Crippen LogP contribution in [0.2, 0.25) is 0 Å². The van der Waals surface area contributed by atoms with E-state index in [1.807, 2.05) is 19.1 Å². The minimum absolute atomic E-state index is 0.0229. The molecule has 5 rings (SSSR count). The summed E-state index contributed by atoms with van der Waals surface area (Å²) in [6, 6.07) is 1.49. The molecule has 14 nitrogen and oxygen atoms in total. The molecule has 61 heavy (non-hydrogen) atoms. The maximum Gasteiger partial charge on any atom is 0.408 e. The number of amides is 4. The number of carbonyl (C=O) groups is 4. The van der Waals surface area contributed by atoms with Gasteiger partial charge in [0.2, 0.25) is 33.6 Å². The molecule has 4 amide bonds. The van der Waals surface area contributed by atoms with Gasteiger partial charge in [-0.2, -0.15) is 0 Å². The summed E-state index contributed by atoms with van der Waals surface area (Å²) in [5.41, 5.74) is 3.53. The van der Waals surface area contributed by atoms with Crippen LogP contribution in [0.5, 0.6) is 11.6 Å². The van der Waals surface area contributed by atoms with Gasteiger partial charge in [0.15, 0.2) is 5.60 Å². The number of carbonyl (C=O) groups excluding carboxylic acids is 4. The van der Waals surface area contributed by atoms with Crippen molar-refractivity contribution in [2.24, 2.45) is 29.4 Å². The first-order chi connectivity index (χ1) is 28.5. The lowest BCUT2D eigenvalue weighted by Gasteiger charge is -2.34. The Bertz CT molecular complexity index is 2100. The molecule has 1 aromatic carbocycles. The molecular weight excluding hydrogens is 827 g/mol. The molecule has 2 aliphatic carbocycles. The summed E-state index contributed by atoms with van der Waals surface area (Å²) >= 11 is 0. The van der Waals surface area contributed by atoms with E-state index in [1.165, 1.54) is 30.3 Å². The first-order valence-electron chi connectivity index (χ1n) is 20.6. The van der Waals surface area contributed by atoms with E-state index in [0.29, 0.717) is 44.4 Å². The van der Waals surface area contributed by atoms with Crippen LogP contribution in [0.3, 0.4) is 0 Å². The fourth-order valence-corrected chi connectivity index (χ4v) is 9.54. The summed E-state index contributed by atoms with van der Waals surface area (Å²) in [6.07, 6.45) is 6.84. The number of benzene rings is 1. The molecule has 0 bridgehead atoms. The predicted molar refractivity (Wildman–Crippen MR) is 217 cm³/mol. The number of rotatable bonds is 19. The van der Waals surface area contributed by atoms with Crippen molar-refractivity contribution >= 4 is 44.6 Å². The number of hydrogen-bond donors (Lipinski definition) is 3. The average Bonchev–Trinajstić information content (AvgIpc) is 3.66. The van der Waals surface area contributed by atoms with E-state index in [0.717, 1.165) is 20.3 Å². The van der Waals surface area contributed by atoms with E-state index in [2.05, 4.69) is 15.0 Å². The number of pyridine rings is 1. The summed E-state index contributed by atoms with van der Waals surface area (Å²) in [6.45, 7) is 5.08. The van der Waals surface area contributed by atoms with Crippen molar-refractivity contribution in [2.45, 2.75) is 127 Å². The van der Waals surface area contributed by atoms with E-state index in [1.54, 1.807) is 13.0 Å². The Balaban J connectivity index is 1.27. The van der Waals surface area contributed by atoms with Crippen LogP contribution in [-0.4, -0.2) is 96.9 Å². The number of primary amides is 1. The summed E-state index contributed by atoms with van der Waals surface area (Å²) in [5, 5.41) is 3.28. The monoisotopic (exact) mass is 883 g/mol. The molecule has 7 atom stereocenters. The highest BCUT2D eigenvalue weighted by atomic mass is 32.2. The number of sulfonamides is 1. The molecular formula is C42H57F4N5O9S. The third-order valence-electron chi connectivity index (χ3n) is 12.4. The third kappa shape index (κ3) is 10.9. The van der Waals surface area contributed by atoms with Gasteiger partial charge >= 0.3 is 6.09 Å². The molecule has 2 heterocycles. The van der Waals surface area contributed by atoms with Gasteiger partial charge in [0, 0.05) is 36.9 Å². The Morgan fingerprint density at radius 3 is 2.44 bits per heavy atom. The largest absolute Gasteiger partial charge is 0.496 e.